The van der Waals surface area contributed by atoms with E-state index in [0.717, 1.165) is 6.92 Å². The highest BCUT2D eigenvalue weighted by atomic mass is 19.3. The van der Waals surface area contributed by atoms with E-state index in [-0.39, 0.29) is 5.76 Å². The molecule has 0 aliphatic rings. The number of alkyl halides is 2. The van der Waals surface area contributed by atoms with Gasteiger partial charge in [-0.15, -0.1) is 0 Å². The molecule has 0 aliphatic heterocycles. The minimum atomic E-state index is -2.95. The van der Waals surface area contributed by atoms with E-state index in [1.807, 2.05) is 0 Å². The molecule has 0 atom stereocenters. The molecule has 0 amide bonds. The Morgan fingerprint density at radius 2 is 2.00 bits per heavy atom. The number of halogens is 2. The molecule has 0 spiro atoms. The van der Waals surface area contributed by atoms with Gasteiger partial charge in [-0.05, 0) is 24.3 Å². The number of hydrogen-bond donors (Lipinski definition) is 1. The van der Waals surface area contributed by atoms with Gasteiger partial charge >= 0.3 is 5.92 Å². The number of anilines is 1. The molecule has 0 saturated carbocycles. The maximum atomic E-state index is 12.9. The summed E-state index contributed by atoms with van der Waals surface area (Å²) in [5.74, 6) is -3.29. The first-order valence-electron chi connectivity index (χ1n) is 4.14. The molecule has 2 aromatic rings. The van der Waals surface area contributed by atoms with Crippen LogP contribution in [0.3, 0.4) is 0 Å². The second kappa shape index (κ2) is 2.70. The topological polar surface area (TPSA) is 39.2 Å². The third-order valence-electron chi connectivity index (χ3n) is 1.97. The summed E-state index contributed by atoms with van der Waals surface area (Å²) in [4.78, 5) is 0. The highest BCUT2D eigenvalue weighted by Crippen LogP contribution is 2.32. The van der Waals surface area contributed by atoms with Crippen molar-refractivity contribution in [3.05, 3.63) is 30.0 Å². The molecule has 4 heteroatoms. The van der Waals surface area contributed by atoms with Crippen molar-refractivity contribution < 1.29 is 13.2 Å². The Morgan fingerprint density at radius 3 is 2.64 bits per heavy atom. The van der Waals surface area contributed by atoms with Gasteiger partial charge in [0.25, 0.3) is 0 Å². The van der Waals surface area contributed by atoms with Gasteiger partial charge in [0.05, 0.1) is 0 Å². The van der Waals surface area contributed by atoms with Crippen LogP contribution in [0.15, 0.2) is 28.7 Å². The van der Waals surface area contributed by atoms with Crippen LogP contribution in [0.2, 0.25) is 0 Å². The number of fused-ring (bicyclic) bond motifs is 1. The van der Waals surface area contributed by atoms with Gasteiger partial charge < -0.3 is 10.2 Å². The first-order chi connectivity index (χ1) is 6.47. The Bertz CT molecular complexity index is 470. The Kier molecular flexibility index (Phi) is 1.74. The summed E-state index contributed by atoms with van der Waals surface area (Å²) in [6.07, 6.45) is 0. The zero-order valence-electron chi connectivity index (χ0n) is 7.55. The first-order valence-corrected chi connectivity index (χ1v) is 4.14. The van der Waals surface area contributed by atoms with Crippen molar-refractivity contribution in [1.82, 2.24) is 0 Å². The predicted molar refractivity (Wildman–Crippen MR) is 50.2 cm³/mol. The summed E-state index contributed by atoms with van der Waals surface area (Å²) >= 11 is 0. The average molecular weight is 197 g/mol. The second-order valence-corrected chi connectivity index (χ2v) is 3.30. The standard InChI is InChI=1S/C10H9F2NO/c1-10(11,12)9-5-6-4-7(13)2-3-8(6)14-9/h2-5H,13H2,1H3. The monoisotopic (exact) mass is 197 g/mol. The maximum absolute atomic E-state index is 12.9. The van der Waals surface area contributed by atoms with E-state index in [1.165, 1.54) is 6.07 Å². The van der Waals surface area contributed by atoms with E-state index in [1.54, 1.807) is 18.2 Å². The Morgan fingerprint density at radius 1 is 1.29 bits per heavy atom. The van der Waals surface area contributed by atoms with Crippen molar-refractivity contribution >= 4 is 16.7 Å². The van der Waals surface area contributed by atoms with E-state index < -0.39 is 5.92 Å². The van der Waals surface area contributed by atoms with E-state index in [0.29, 0.717) is 16.7 Å². The molecule has 0 radical (unpaired) electrons. The summed E-state index contributed by atoms with van der Waals surface area (Å²) in [5, 5.41) is 0.599. The van der Waals surface area contributed by atoms with E-state index >= 15 is 0 Å². The summed E-state index contributed by atoms with van der Waals surface area (Å²) in [5.41, 5.74) is 6.47. The molecule has 1 aromatic carbocycles. The van der Waals surface area contributed by atoms with Crippen molar-refractivity contribution in [3.63, 3.8) is 0 Å². The van der Waals surface area contributed by atoms with Crippen LogP contribution in [-0.4, -0.2) is 0 Å². The molecule has 1 heterocycles. The van der Waals surface area contributed by atoms with E-state index in [4.69, 9.17) is 10.2 Å². The summed E-state index contributed by atoms with van der Waals surface area (Å²) < 4.78 is 30.7. The van der Waals surface area contributed by atoms with Crippen LogP contribution in [0.4, 0.5) is 14.5 Å². The Hall–Kier alpha value is -1.58. The van der Waals surface area contributed by atoms with Crippen molar-refractivity contribution in [2.24, 2.45) is 0 Å². The van der Waals surface area contributed by atoms with E-state index in [9.17, 15) is 8.78 Å². The lowest BCUT2D eigenvalue weighted by atomic mass is 10.2. The lowest BCUT2D eigenvalue weighted by Gasteiger charge is -2.03. The van der Waals surface area contributed by atoms with Gasteiger partial charge in [0.2, 0.25) is 0 Å². The molecule has 0 aliphatic carbocycles. The fourth-order valence-corrected chi connectivity index (χ4v) is 1.28. The summed E-state index contributed by atoms with van der Waals surface area (Å²) in [6.45, 7) is 0.800. The first kappa shape index (κ1) is 8.99. The molecular weight excluding hydrogens is 188 g/mol. The van der Waals surface area contributed by atoms with Gasteiger partial charge in [0.15, 0.2) is 5.76 Å². The molecule has 1 aromatic heterocycles. The van der Waals surface area contributed by atoms with E-state index in [2.05, 4.69) is 0 Å². The van der Waals surface area contributed by atoms with Crippen LogP contribution in [0.1, 0.15) is 12.7 Å². The van der Waals surface area contributed by atoms with Crippen molar-refractivity contribution in [3.8, 4) is 0 Å². The SMILES string of the molecule is CC(F)(F)c1cc2cc(N)ccc2o1. The fourth-order valence-electron chi connectivity index (χ4n) is 1.28. The van der Waals surface area contributed by atoms with Gasteiger partial charge in [0, 0.05) is 18.0 Å². The van der Waals surface area contributed by atoms with Gasteiger partial charge in [0.1, 0.15) is 5.58 Å². The molecule has 0 saturated heterocycles. The second-order valence-electron chi connectivity index (χ2n) is 3.30. The largest absolute Gasteiger partial charge is 0.455 e. The third-order valence-corrected chi connectivity index (χ3v) is 1.97. The zero-order chi connectivity index (χ0) is 10.3. The predicted octanol–water partition coefficient (Wildman–Crippen LogP) is 3.13. The number of nitrogen functional groups attached to an aromatic ring is 1. The van der Waals surface area contributed by atoms with Gasteiger partial charge in [-0.2, -0.15) is 8.78 Å². The highest BCUT2D eigenvalue weighted by Gasteiger charge is 2.28. The lowest BCUT2D eigenvalue weighted by Crippen LogP contribution is -2.04. The van der Waals surface area contributed by atoms with Crippen LogP contribution in [0.5, 0.6) is 0 Å². The van der Waals surface area contributed by atoms with Crippen molar-refractivity contribution in [1.29, 1.82) is 0 Å². The quantitative estimate of drug-likeness (QED) is 0.713. The molecule has 2 N–H and O–H groups in total. The average Bonchev–Trinajstić information content (AvgIpc) is 2.45. The summed E-state index contributed by atoms with van der Waals surface area (Å²) in [6, 6.07) is 6.11. The smallest absolute Gasteiger partial charge is 0.301 e. The van der Waals surface area contributed by atoms with Crippen LogP contribution in [0.25, 0.3) is 11.0 Å². The number of benzene rings is 1. The molecule has 2 nitrogen and oxygen atoms in total. The van der Waals surface area contributed by atoms with Gasteiger partial charge in [-0.3, -0.25) is 0 Å². The normalized spacial score (nSPS) is 12.2. The van der Waals surface area contributed by atoms with Crippen LogP contribution in [0, 0.1) is 0 Å². The number of nitrogens with two attached hydrogens (primary N) is 1. The van der Waals surface area contributed by atoms with Gasteiger partial charge in [-0.25, -0.2) is 0 Å². The van der Waals surface area contributed by atoms with Crippen LogP contribution in [-0.2, 0) is 5.92 Å². The van der Waals surface area contributed by atoms with Crippen molar-refractivity contribution in [2.45, 2.75) is 12.8 Å². The number of rotatable bonds is 1. The third kappa shape index (κ3) is 1.43. The molecule has 14 heavy (non-hydrogen) atoms. The molecule has 2 rings (SSSR count). The minimum Gasteiger partial charge on any atom is -0.455 e. The molecule has 74 valence electrons. The van der Waals surface area contributed by atoms with Crippen molar-refractivity contribution in [2.75, 3.05) is 5.73 Å². The number of hydrogen-bond acceptors (Lipinski definition) is 2. The summed E-state index contributed by atoms with van der Waals surface area (Å²) in [7, 11) is 0. The molecule has 0 unspecified atom stereocenters. The highest BCUT2D eigenvalue weighted by molar-refractivity contribution is 5.81. The Balaban J connectivity index is 2.63. The molecular formula is C10H9F2NO. The minimum absolute atomic E-state index is 0.335. The molecule has 0 fully saturated rings. The van der Waals surface area contributed by atoms with Gasteiger partial charge in [-0.1, -0.05) is 0 Å². The molecule has 0 bridgehead atoms. The van der Waals surface area contributed by atoms with Crippen LogP contribution < -0.4 is 5.73 Å². The maximum Gasteiger partial charge on any atom is 0.301 e. The zero-order valence-corrected chi connectivity index (χ0v) is 7.55. The fraction of sp³-hybridized carbons (Fsp3) is 0.200. The van der Waals surface area contributed by atoms with Crippen LogP contribution >= 0.6 is 0 Å². The Labute approximate surface area is 79.3 Å². The number of furan rings is 1. The lowest BCUT2D eigenvalue weighted by molar-refractivity contribution is -0.00382.